The highest BCUT2D eigenvalue weighted by molar-refractivity contribution is 5.97. The fourth-order valence-corrected chi connectivity index (χ4v) is 2.92. The third-order valence-electron chi connectivity index (χ3n) is 4.29. The van der Waals surface area contributed by atoms with E-state index in [0.29, 0.717) is 30.0 Å². The second-order valence-electron chi connectivity index (χ2n) is 5.49. The molecule has 6 nitrogen and oxygen atoms in total. The maximum atomic E-state index is 12.8. The Hall–Kier alpha value is -2.24. The highest BCUT2D eigenvalue weighted by Crippen LogP contribution is 2.33. The summed E-state index contributed by atoms with van der Waals surface area (Å²) in [5, 5.41) is 9.18. The summed E-state index contributed by atoms with van der Waals surface area (Å²) in [5.74, 6) is -0.488. The molecule has 1 aromatic carbocycles. The fourth-order valence-electron chi connectivity index (χ4n) is 2.92. The van der Waals surface area contributed by atoms with Crippen LogP contribution in [0.1, 0.15) is 29.3 Å². The molecule has 1 aliphatic rings. The number of carboxylic acids is 1. The number of carboxylic acid groups (broad SMARTS) is 1. The van der Waals surface area contributed by atoms with Gasteiger partial charge in [0.1, 0.15) is 0 Å². The summed E-state index contributed by atoms with van der Waals surface area (Å²) >= 11 is 0. The molecule has 22 heavy (non-hydrogen) atoms. The molecule has 0 aromatic heterocycles. The van der Waals surface area contributed by atoms with Crippen LogP contribution in [0.15, 0.2) is 12.1 Å². The Bertz CT molecular complexity index is 598. The average molecular weight is 307 g/mol. The Morgan fingerprint density at radius 2 is 1.82 bits per heavy atom. The third-order valence-corrected chi connectivity index (χ3v) is 4.29. The van der Waals surface area contributed by atoms with E-state index >= 15 is 0 Å². The van der Waals surface area contributed by atoms with Crippen LogP contribution >= 0.6 is 0 Å². The molecule has 1 saturated heterocycles. The second kappa shape index (κ2) is 6.25. The highest BCUT2D eigenvalue weighted by Gasteiger charge is 2.38. The van der Waals surface area contributed by atoms with Gasteiger partial charge in [-0.05, 0) is 38.0 Å². The predicted octanol–water partition coefficient (Wildman–Crippen LogP) is 1.95. The number of rotatable bonds is 4. The fraction of sp³-hybridized carbons (Fsp3) is 0.500. The minimum Gasteiger partial charge on any atom is -0.493 e. The van der Waals surface area contributed by atoms with Crippen molar-refractivity contribution in [2.45, 2.75) is 26.3 Å². The third kappa shape index (κ3) is 2.73. The summed E-state index contributed by atoms with van der Waals surface area (Å²) in [6.07, 6.45) is 0.481. The van der Waals surface area contributed by atoms with E-state index in [0.717, 1.165) is 5.56 Å². The van der Waals surface area contributed by atoms with Crippen molar-refractivity contribution < 1.29 is 24.2 Å². The molecular weight excluding hydrogens is 286 g/mol. The Balaban J connectivity index is 2.32. The molecule has 6 heteroatoms. The Morgan fingerprint density at radius 1 is 1.23 bits per heavy atom. The number of hydrogen-bond donors (Lipinski definition) is 1. The van der Waals surface area contributed by atoms with Crippen LogP contribution in [0.2, 0.25) is 0 Å². The van der Waals surface area contributed by atoms with Gasteiger partial charge in [0.2, 0.25) is 0 Å². The first kappa shape index (κ1) is 16.1. The molecular formula is C16H21NO5. The quantitative estimate of drug-likeness (QED) is 0.920. The SMILES string of the molecule is COc1cc(C)c(C(=O)N2CCC(C(=O)O)C2C)cc1OC. The van der Waals surface area contributed by atoms with E-state index < -0.39 is 11.9 Å². The van der Waals surface area contributed by atoms with Crippen molar-refractivity contribution in [1.29, 1.82) is 0 Å². The zero-order valence-corrected chi connectivity index (χ0v) is 13.3. The molecule has 1 heterocycles. The summed E-state index contributed by atoms with van der Waals surface area (Å²) in [6, 6.07) is 3.08. The number of benzene rings is 1. The maximum absolute atomic E-state index is 12.8. The number of nitrogens with zero attached hydrogens (tertiary/aromatic N) is 1. The number of aryl methyl sites for hydroxylation is 1. The Kier molecular flexibility index (Phi) is 4.59. The van der Waals surface area contributed by atoms with Crippen LogP contribution in [-0.4, -0.2) is 48.7 Å². The van der Waals surface area contributed by atoms with Gasteiger partial charge in [-0.2, -0.15) is 0 Å². The van der Waals surface area contributed by atoms with Crippen molar-refractivity contribution in [3.8, 4) is 11.5 Å². The van der Waals surface area contributed by atoms with Gasteiger partial charge in [0.15, 0.2) is 11.5 Å². The van der Waals surface area contributed by atoms with E-state index in [4.69, 9.17) is 9.47 Å². The van der Waals surface area contributed by atoms with Crippen LogP contribution < -0.4 is 9.47 Å². The molecule has 2 rings (SSSR count). The standard InChI is InChI=1S/C16H21NO5/c1-9-7-13(21-3)14(22-4)8-12(9)15(18)17-6-5-11(10(17)2)16(19)20/h7-8,10-11H,5-6H2,1-4H3,(H,19,20). The molecule has 1 amide bonds. The average Bonchev–Trinajstić information content (AvgIpc) is 2.88. The highest BCUT2D eigenvalue weighted by atomic mass is 16.5. The summed E-state index contributed by atoms with van der Waals surface area (Å²) < 4.78 is 10.5. The normalized spacial score (nSPS) is 20.8. The molecule has 1 fully saturated rings. The number of carbonyl (C=O) groups excluding carboxylic acids is 1. The van der Waals surface area contributed by atoms with Crippen LogP contribution in [0, 0.1) is 12.8 Å². The van der Waals surface area contributed by atoms with Gasteiger partial charge in [-0.25, -0.2) is 0 Å². The Morgan fingerprint density at radius 3 is 2.32 bits per heavy atom. The lowest BCUT2D eigenvalue weighted by Gasteiger charge is -2.24. The smallest absolute Gasteiger partial charge is 0.308 e. The summed E-state index contributed by atoms with van der Waals surface area (Å²) in [7, 11) is 3.05. The van der Waals surface area contributed by atoms with Gasteiger partial charge in [-0.1, -0.05) is 0 Å². The monoisotopic (exact) mass is 307 g/mol. The molecule has 1 aliphatic heterocycles. The van der Waals surface area contributed by atoms with Gasteiger partial charge in [-0.3, -0.25) is 9.59 Å². The number of amides is 1. The lowest BCUT2D eigenvalue weighted by atomic mass is 10.0. The molecule has 0 aliphatic carbocycles. The van der Waals surface area contributed by atoms with Crippen LogP contribution in [0.25, 0.3) is 0 Å². The number of carbonyl (C=O) groups is 2. The van der Waals surface area contributed by atoms with Crippen molar-refractivity contribution in [2.75, 3.05) is 20.8 Å². The van der Waals surface area contributed by atoms with Crippen molar-refractivity contribution >= 4 is 11.9 Å². The number of hydrogen-bond acceptors (Lipinski definition) is 4. The number of ether oxygens (including phenoxy) is 2. The zero-order chi connectivity index (χ0) is 16.4. The van der Waals surface area contributed by atoms with Gasteiger partial charge < -0.3 is 19.5 Å². The minimum absolute atomic E-state index is 0.172. The molecule has 2 atom stereocenters. The molecule has 120 valence electrons. The van der Waals surface area contributed by atoms with E-state index in [2.05, 4.69) is 0 Å². The summed E-state index contributed by atoms with van der Waals surface area (Å²) in [4.78, 5) is 25.6. The largest absolute Gasteiger partial charge is 0.493 e. The number of aliphatic carboxylic acids is 1. The van der Waals surface area contributed by atoms with E-state index in [-0.39, 0.29) is 11.9 Å². The van der Waals surface area contributed by atoms with E-state index in [1.165, 1.54) is 7.11 Å². The number of likely N-dealkylation sites (tertiary alicyclic amines) is 1. The van der Waals surface area contributed by atoms with Gasteiger partial charge in [0.25, 0.3) is 5.91 Å². The maximum Gasteiger partial charge on any atom is 0.308 e. The molecule has 1 N–H and O–H groups in total. The lowest BCUT2D eigenvalue weighted by molar-refractivity contribution is -0.142. The molecule has 0 spiro atoms. The molecule has 0 saturated carbocycles. The summed E-state index contributed by atoms with van der Waals surface area (Å²) in [5.41, 5.74) is 1.28. The molecule has 0 bridgehead atoms. The van der Waals surface area contributed by atoms with E-state index in [1.54, 1.807) is 31.1 Å². The summed E-state index contributed by atoms with van der Waals surface area (Å²) in [6.45, 7) is 4.05. The van der Waals surface area contributed by atoms with Crippen LogP contribution in [0.5, 0.6) is 11.5 Å². The minimum atomic E-state index is -0.855. The van der Waals surface area contributed by atoms with Crippen LogP contribution in [-0.2, 0) is 4.79 Å². The number of methoxy groups -OCH3 is 2. The van der Waals surface area contributed by atoms with Gasteiger partial charge >= 0.3 is 5.97 Å². The van der Waals surface area contributed by atoms with Crippen molar-refractivity contribution in [3.05, 3.63) is 23.3 Å². The predicted molar refractivity (Wildman–Crippen MR) is 80.5 cm³/mol. The van der Waals surface area contributed by atoms with E-state index in [1.807, 2.05) is 6.92 Å². The molecule has 1 aromatic rings. The molecule has 2 unspecified atom stereocenters. The van der Waals surface area contributed by atoms with Crippen LogP contribution in [0.4, 0.5) is 0 Å². The van der Waals surface area contributed by atoms with Gasteiger partial charge in [-0.15, -0.1) is 0 Å². The Labute approximate surface area is 129 Å². The zero-order valence-electron chi connectivity index (χ0n) is 13.3. The van der Waals surface area contributed by atoms with Crippen LogP contribution in [0.3, 0.4) is 0 Å². The first-order valence-electron chi connectivity index (χ1n) is 7.17. The first-order chi connectivity index (χ1) is 10.4. The van der Waals surface area contributed by atoms with E-state index in [9.17, 15) is 14.7 Å². The van der Waals surface area contributed by atoms with Gasteiger partial charge in [0.05, 0.1) is 20.1 Å². The van der Waals surface area contributed by atoms with Gasteiger partial charge in [0, 0.05) is 18.2 Å². The topological polar surface area (TPSA) is 76.1 Å². The van der Waals surface area contributed by atoms with Crippen molar-refractivity contribution in [3.63, 3.8) is 0 Å². The molecule has 0 radical (unpaired) electrons. The lowest BCUT2D eigenvalue weighted by Crippen LogP contribution is -2.38. The van der Waals surface area contributed by atoms with Crippen molar-refractivity contribution in [2.24, 2.45) is 5.92 Å². The first-order valence-corrected chi connectivity index (χ1v) is 7.17. The van der Waals surface area contributed by atoms with Crippen molar-refractivity contribution in [1.82, 2.24) is 4.90 Å². The second-order valence-corrected chi connectivity index (χ2v) is 5.49.